The van der Waals surface area contributed by atoms with Gasteiger partial charge in [0.2, 0.25) is 0 Å². The first-order chi connectivity index (χ1) is 6.63. The number of aliphatic hydroxyl groups excluding tert-OH is 1. The van der Waals surface area contributed by atoms with Crippen molar-refractivity contribution in [2.24, 2.45) is 0 Å². The molecule has 0 saturated carbocycles. The van der Waals surface area contributed by atoms with Crippen LogP contribution in [0.15, 0.2) is 18.2 Å². The van der Waals surface area contributed by atoms with Crippen LogP contribution in [0.2, 0.25) is 0 Å². The molecule has 0 radical (unpaired) electrons. The Bertz CT molecular complexity index is 300. The van der Waals surface area contributed by atoms with Gasteiger partial charge in [0.15, 0.2) is 0 Å². The first-order valence-electron chi connectivity index (χ1n) is 4.28. The monoisotopic (exact) mass is 202 g/mol. The minimum Gasteiger partial charge on any atom is -0.435 e. The second-order valence-corrected chi connectivity index (χ2v) is 2.95. The van der Waals surface area contributed by atoms with E-state index in [1.54, 1.807) is 19.1 Å². The molecule has 0 spiro atoms. The Morgan fingerprint density at radius 2 is 2.14 bits per heavy atom. The van der Waals surface area contributed by atoms with E-state index in [0.717, 1.165) is 5.56 Å². The Morgan fingerprint density at radius 3 is 2.71 bits per heavy atom. The van der Waals surface area contributed by atoms with Crippen LogP contribution in [0.4, 0.5) is 8.78 Å². The lowest BCUT2D eigenvalue weighted by molar-refractivity contribution is -0.0503. The highest BCUT2D eigenvalue weighted by atomic mass is 19.3. The molecule has 0 saturated heterocycles. The molecule has 0 unspecified atom stereocenters. The summed E-state index contributed by atoms with van der Waals surface area (Å²) in [5.74, 6) is 0.172. The molecule has 0 aliphatic carbocycles. The molecular formula is C10H12F2O2. The fourth-order valence-electron chi connectivity index (χ4n) is 1.15. The van der Waals surface area contributed by atoms with Crippen molar-refractivity contribution in [1.29, 1.82) is 0 Å². The standard InChI is InChI=1S/C10H12F2O2/c1-7-2-3-8(4-5-13)6-9(7)14-10(11)12/h2-3,6,10,13H,4-5H2,1H3. The van der Waals surface area contributed by atoms with Crippen LogP contribution in [0.3, 0.4) is 0 Å². The summed E-state index contributed by atoms with van der Waals surface area (Å²) >= 11 is 0. The second kappa shape index (κ2) is 4.91. The number of aryl methyl sites for hydroxylation is 1. The van der Waals surface area contributed by atoms with Gasteiger partial charge in [-0.25, -0.2) is 0 Å². The summed E-state index contributed by atoms with van der Waals surface area (Å²) in [6.07, 6.45) is 0.444. The Labute approximate surface area is 81.1 Å². The fraction of sp³-hybridized carbons (Fsp3) is 0.400. The predicted octanol–water partition coefficient (Wildman–Crippen LogP) is 2.13. The molecule has 0 fully saturated rings. The molecule has 0 aliphatic rings. The van der Waals surface area contributed by atoms with Gasteiger partial charge in [0.1, 0.15) is 5.75 Å². The molecule has 0 aromatic heterocycles. The van der Waals surface area contributed by atoms with Crippen molar-refractivity contribution < 1.29 is 18.6 Å². The average Bonchev–Trinajstić information content (AvgIpc) is 2.10. The zero-order valence-corrected chi connectivity index (χ0v) is 7.84. The van der Waals surface area contributed by atoms with E-state index in [0.29, 0.717) is 12.0 Å². The lowest BCUT2D eigenvalue weighted by Gasteiger charge is -2.09. The quantitative estimate of drug-likeness (QED) is 0.810. The number of benzene rings is 1. The number of rotatable bonds is 4. The van der Waals surface area contributed by atoms with Gasteiger partial charge >= 0.3 is 6.61 Å². The Balaban J connectivity index is 2.84. The third-order valence-corrected chi connectivity index (χ3v) is 1.87. The largest absolute Gasteiger partial charge is 0.435 e. The molecule has 1 aromatic carbocycles. The van der Waals surface area contributed by atoms with E-state index in [-0.39, 0.29) is 12.4 Å². The molecule has 1 N–H and O–H groups in total. The van der Waals surface area contributed by atoms with Crippen LogP contribution in [0.5, 0.6) is 5.75 Å². The lowest BCUT2D eigenvalue weighted by Crippen LogP contribution is -2.04. The average molecular weight is 202 g/mol. The van der Waals surface area contributed by atoms with Gasteiger partial charge in [-0.3, -0.25) is 0 Å². The number of aliphatic hydroxyl groups is 1. The number of ether oxygens (including phenoxy) is 1. The number of hydrogen-bond donors (Lipinski definition) is 1. The van der Waals surface area contributed by atoms with Crippen molar-refractivity contribution in [2.75, 3.05) is 6.61 Å². The van der Waals surface area contributed by atoms with Crippen molar-refractivity contribution in [3.63, 3.8) is 0 Å². The minimum absolute atomic E-state index is 0.00280. The third kappa shape index (κ3) is 2.96. The van der Waals surface area contributed by atoms with E-state index in [4.69, 9.17) is 5.11 Å². The van der Waals surface area contributed by atoms with E-state index in [2.05, 4.69) is 4.74 Å². The van der Waals surface area contributed by atoms with Crippen LogP contribution in [0.1, 0.15) is 11.1 Å². The van der Waals surface area contributed by atoms with Crippen LogP contribution in [0, 0.1) is 6.92 Å². The highest BCUT2D eigenvalue weighted by Gasteiger charge is 2.07. The molecule has 4 heteroatoms. The maximum atomic E-state index is 11.9. The Morgan fingerprint density at radius 1 is 1.43 bits per heavy atom. The summed E-state index contributed by atoms with van der Waals surface area (Å²) < 4.78 is 28.2. The van der Waals surface area contributed by atoms with Gasteiger partial charge in [-0.05, 0) is 30.5 Å². The van der Waals surface area contributed by atoms with E-state index in [9.17, 15) is 8.78 Å². The first kappa shape index (κ1) is 10.9. The normalized spacial score (nSPS) is 10.6. The van der Waals surface area contributed by atoms with E-state index in [1.165, 1.54) is 6.07 Å². The Hall–Kier alpha value is -1.16. The van der Waals surface area contributed by atoms with E-state index in [1.807, 2.05) is 0 Å². The predicted molar refractivity (Wildman–Crippen MR) is 48.6 cm³/mol. The van der Waals surface area contributed by atoms with Gasteiger partial charge in [0, 0.05) is 6.61 Å². The summed E-state index contributed by atoms with van der Waals surface area (Å²) in [6, 6.07) is 5.00. The van der Waals surface area contributed by atoms with Crippen LogP contribution >= 0.6 is 0 Å². The summed E-state index contributed by atoms with van der Waals surface area (Å²) in [7, 11) is 0. The molecule has 1 aromatic rings. The van der Waals surface area contributed by atoms with E-state index < -0.39 is 6.61 Å². The van der Waals surface area contributed by atoms with Crippen molar-refractivity contribution in [2.45, 2.75) is 20.0 Å². The molecule has 0 aliphatic heterocycles. The number of alkyl halides is 2. The topological polar surface area (TPSA) is 29.5 Å². The summed E-state index contributed by atoms with van der Waals surface area (Å²) in [5, 5.41) is 8.67. The molecule has 0 atom stereocenters. The highest BCUT2D eigenvalue weighted by Crippen LogP contribution is 2.21. The van der Waals surface area contributed by atoms with Gasteiger partial charge < -0.3 is 9.84 Å². The minimum atomic E-state index is -2.81. The lowest BCUT2D eigenvalue weighted by atomic mass is 10.1. The maximum Gasteiger partial charge on any atom is 0.387 e. The van der Waals surface area contributed by atoms with Gasteiger partial charge in [0.05, 0.1) is 0 Å². The first-order valence-corrected chi connectivity index (χ1v) is 4.28. The zero-order chi connectivity index (χ0) is 10.6. The second-order valence-electron chi connectivity index (χ2n) is 2.95. The molecule has 0 amide bonds. The van der Waals surface area contributed by atoms with Crippen LogP contribution in [-0.4, -0.2) is 18.3 Å². The zero-order valence-electron chi connectivity index (χ0n) is 7.84. The smallest absolute Gasteiger partial charge is 0.387 e. The third-order valence-electron chi connectivity index (χ3n) is 1.87. The molecule has 78 valence electrons. The fourth-order valence-corrected chi connectivity index (χ4v) is 1.15. The van der Waals surface area contributed by atoms with Gasteiger partial charge in [-0.15, -0.1) is 0 Å². The molecule has 0 heterocycles. The summed E-state index contributed by atoms with van der Waals surface area (Å²) in [5.41, 5.74) is 1.45. The van der Waals surface area contributed by atoms with Gasteiger partial charge in [0.25, 0.3) is 0 Å². The molecule has 2 nitrogen and oxygen atoms in total. The number of hydrogen-bond acceptors (Lipinski definition) is 2. The maximum absolute atomic E-state index is 11.9. The molecule has 1 rings (SSSR count). The summed E-state index contributed by atoms with van der Waals surface area (Å²) in [6.45, 7) is -1.12. The SMILES string of the molecule is Cc1ccc(CCO)cc1OC(F)F. The van der Waals surface area contributed by atoms with Crippen molar-refractivity contribution in [3.8, 4) is 5.75 Å². The van der Waals surface area contributed by atoms with Crippen LogP contribution < -0.4 is 4.74 Å². The highest BCUT2D eigenvalue weighted by molar-refractivity contribution is 5.36. The molecule has 14 heavy (non-hydrogen) atoms. The van der Waals surface area contributed by atoms with Crippen molar-refractivity contribution in [1.82, 2.24) is 0 Å². The van der Waals surface area contributed by atoms with Crippen LogP contribution in [-0.2, 0) is 6.42 Å². The van der Waals surface area contributed by atoms with Crippen molar-refractivity contribution >= 4 is 0 Å². The summed E-state index contributed by atoms with van der Waals surface area (Å²) in [4.78, 5) is 0. The number of halogens is 2. The van der Waals surface area contributed by atoms with Crippen LogP contribution in [0.25, 0.3) is 0 Å². The Kier molecular flexibility index (Phi) is 3.83. The van der Waals surface area contributed by atoms with Crippen molar-refractivity contribution in [3.05, 3.63) is 29.3 Å². The molecule has 0 bridgehead atoms. The van der Waals surface area contributed by atoms with E-state index >= 15 is 0 Å². The van der Waals surface area contributed by atoms with Gasteiger partial charge in [-0.2, -0.15) is 8.78 Å². The molecular weight excluding hydrogens is 190 g/mol. The van der Waals surface area contributed by atoms with Gasteiger partial charge in [-0.1, -0.05) is 12.1 Å².